The van der Waals surface area contributed by atoms with Gasteiger partial charge in [-0.25, -0.2) is 0 Å². The van der Waals surface area contributed by atoms with Crippen LogP contribution in [0.5, 0.6) is 11.5 Å². The number of nitrogens with zero attached hydrogens (tertiary/aromatic N) is 1. The van der Waals surface area contributed by atoms with E-state index >= 15 is 0 Å². The second-order valence-corrected chi connectivity index (χ2v) is 6.15. The van der Waals surface area contributed by atoms with Crippen molar-refractivity contribution in [3.63, 3.8) is 0 Å². The van der Waals surface area contributed by atoms with Crippen molar-refractivity contribution in [3.8, 4) is 11.5 Å². The van der Waals surface area contributed by atoms with E-state index in [1.807, 2.05) is 23.1 Å². The fourth-order valence-electron chi connectivity index (χ4n) is 3.57. The van der Waals surface area contributed by atoms with Crippen molar-refractivity contribution in [1.29, 1.82) is 0 Å². The van der Waals surface area contributed by atoms with Crippen LogP contribution in [0.2, 0.25) is 0 Å². The molecule has 0 spiro atoms. The number of amides is 1. The molecule has 2 aliphatic heterocycles. The minimum absolute atomic E-state index is 0.0638. The molecule has 2 saturated heterocycles. The number of carbonyl (C=O) groups excluding carboxylic acids is 1. The van der Waals surface area contributed by atoms with E-state index in [9.17, 15) is 4.79 Å². The minimum atomic E-state index is -0.270. The molecule has 2 aliphatic rings. The van der Waals surface area contributed by atoms with Gasteiger partial charge in [0.05, 0.1) is 20.3 Å². The van der Waals surface area contributed by atoms with Crippen molar-refractivity contribution < 1.29 is 19.0 Å². The summed E-state index contributed by atoms with van der Waals surface area (Å²) in [4.78, 5) is 14.8. The second kappa shape index (κ2) is 7.21. The summed E-state index contributed by atoms with van der Waals surface area (Å²) < 4.78 is 16.5. The van der Waals surface area contributed by atoms with Crippen LogP contribution >= 0.6 is 0 Å². The zero-order chi connectivity index (χ0) is 16.2. The predicted octanol–water partition coefficient (Wildman–Crippen LogP) is 2.94. The Hall–Kier alpha value is -1.75. The van der Waals surface area contributed by atoms with E-state index in [0.717, 1.165) is 55.7 Å². The van der Waals surface area contributed by atoms with Gasteiger partial charge in [-0.2, -0.15) is 0 Å². The average molecular weight is 319 g/mol. The van der Waals surface area contributed by atoms with Crippen molar-refractivity contribution in [2.75, 3.05) is 27.4 Å². The summed E-state index contributed by atoms with van der Waals surface area (Å²) in [6.45, 7) is 1.49. The van der Waals surface area contributed by atoms with Crippen LogP contribution in [0.15, 0.2) is 18.2 Å². The van der Waals surface area contributed by atoms with E-state index in [0.29, 0.717) is 6.61 Å². The maximum absolute atomic E-state index is 12.8. The van der Waals surface area contributed by atoms with Crippen molar-refractivity contribution in [2.24, 2.45) is 0 Å². The van der Waals surface area contributed by atoms with Gasteiger partial charge in [0.15, 0.2) is 0 Å². The number of hydrogen-bond donors (Lipinski definition) is 0. The highest BCUT2D eigenvalue weighted by Gasteiger charge is 2.36. The lowest BCUT2D eigenvalue weighted by Gasteiger charge is -2.31. The van der Waals surface area contributed by atoms with Crippen molar-refractivity contribution in [1.82, 2.24) is 4.90 Å². The molecule has 1 aromatic rings. The Labute approximate surface area is 137 Å². The highest BCUT2D eigenvalue weighted by atomic mass is 16.5. The summed E-state index contributed by atoms with van der Waals surface area (Å²) in [6.07, 6.45) is 4.66. The third-order valence-electron chi connectivity index (χ3n) is 4.79. The van der Waals surface area contributed by atoms with Gasteiger partial charge in [-0.1, -0.05) is 0 Å². The maximum atomic E-state index is 12.8. The fourth-order valence-corrected chi connectivity index (χ4v) is 3.57. The number of rotatable bonds is 4. The smallest absolute Gasteiger partial charge is 0.252 e. The number of ether oxygens (including phenoxy) is 3. The van der Waals surface area contributed by atoms with Crippen LogP contribution in [0.3, 0.4) is 0 Å². The molecule has 0 unspecified atom stereocenters. The van der Waals surface area contributed by atoms with Crippen LogP contribution in [0.1, 0.15) is 43.7 Å². The summed E-state index contributed by atoms with van der Waals surface area (Å²) in [6, 6.07) is 5.88. The molecule has 126 valence electrons. The van der Waals surface area contributed by atoms with Crippen LogP contribution in [0.25, 0.3) is 0 Å². The Morgan fingerprint density at radius 2 is 2.04 bits per heavy atom. The third-order valence-corrected chi connectivity index (χ3v) is 4.79. The third kappa shape index (κ3) is 3.29. The first kappa shape index (κ1) is 16.1. The van der Waals surface area contributed by atoms with Gasteiger partial charge in [0.1, 0.15) is 17.6 Å². The molecule has 0 N–H and O–H groups in total. The molecule has 0 radical (unpaired) electrons. The SMILES string of the molecule is COc1ccc([C@@H]2CCCN2C(=O)[C@@H]2CCCCO2)c(OC)c1. The average Bonchev–Trinajstić information content (AvgIpc) is 3.10. The van der Waals surface area contributed by atoms with Gasteiger partial charge in [0, 0.05) is 24.8 Å². The van der Waals surface area contributed by atoms with E-state index in [-0.39, 0.29) is 18.1 Å². The molecule has 2 atom stereocenters. The molecule has 3 rings (SSSR count). The van der Waals surface area contributed by atoms with E-state index in [2.05, 4.69) is 0 Å². The fraction of sp³-hybridized carbons (Fsp3) is 0.611. The summed E-state index contributed by atoms with van der Waals surface area (Å²) in [5, 5.41) is 0. The predicted molar refractivity (Wildman–Crippen MR) is 86.8 cm³/mol. The number of carbonyl (C=O) groups is 1. The largest absolute Gasteiger partial charge is 0.497 e. The van der Waals surface area contributed by atoms with Gasteiger partial charge in [-0.05, 0) is 44.2 Å². The standard InChI is InChI=1S/C18H25NO4/c1-21-13-8-9-14(17(12-13)22-2)15-6-5-10-19(15)18(20)16-7-3-4-11-23-16/h8-9,12,15-16H,3-7,10-11H2,1-2H3/t15-,16-/m0/s1. The lowest BCUT2D eigenvalue weighted by atomic mass is 10.0. The molecule has 0 saturated carbocycles. The molecule has 0 bridgehead atoms. The quantitative estimate of drug-likeness (QED) is 0.856. The number of benzene rings is 1. The Morgan fingerprint density at radius 1 is 1.17 bits per heavy atom. The molecular weight excluding hydrogens is 294 g/mol. The molecule has 5 heteroatoms. The monoisotopic (exact) mass is 319 g/mol. The summed E-state index contributed by atoms with van der Waals surface area (Å²) in [5.74, 6) is 1.67. The zero-order valence-corrected chi connectivity index (χ0v) is 13.9. The summed E-state index contributed by atoms with van der Waals surface area (Å²) >= 11 is 0. The maximum Gasteiger partial charge on any atom is 0.252 e. The number of methoxy groups -OCH3 is 2. The van der Waals surface area contributed by atoms with Crippen molar-refractivity contribution in [2.45, 2.75) is 44.2 Å². The molecule has 0 aromatic heterocycles. The Kier molecular flexibility index (Phi) is 5.06. The highest BCUT2D eigenvalue weighted by Crippen LogP contribution is 2.39. The van der Waals surface area contributed by atoms with Gasteiger partial charge < -0.3 is 19.1 Å². The number of hydrogen-bond acceptors (Lipinski definition) is 4. The van der Waals surface area contributed by atoms with Gasteiger partial charge in [-0.3, -0.25) is 4.79 Å². The van der Waals surface area contributed by atoms with E-state index in [1.54, 1.807) is 14.2 Å². The normalized spacial score (nSPS) is 24.5. The molecule has 23 heavy (non-hydrogen) atoms. The van der Waals surface area contributed by atoms with Crippen LogP contribution in [0.4, 0.5) is 0 Å². The Bertz CT molecular complexity index is 554. The van der Waals surface area contributed by atoms with Gasteiger partial charge in [0.25, 0.3) is 5.91 Å². The molecule has 2 heterocycles. The second-order valence-electron chi connectivity index (χ2n) is 6.15. The molecule has 1 amide bonds. The zero-order valence-electron chi connectivity index (χ0n) is 13.9. The van der Waals surface area contributed by atoms with Crippen molar-refractivity contribution >= 4 is 5.91 Å². The van der Waals surface area contributed by atoms with Crippen LogP contribution in [-0.4, -0.2) is 44.3 Å². The minimum Gasteiger partial charge on any atom is -0.497 e. The lowest BCUT2D eigenvalue weighted by molar-refractivity contribution is -0.147. The highest BCUT2D eigenvalue weighted by molar-refractivity contribution is 5.82. The topological polar surface area (TPSA) is 48.0 Å². The molecular formula is C18H25NO4. The Balaban J connectivity index is 1.82. The first-order valence-electron chi connectivity index (χ1n) is 8.38. The van der Waals surface area contributed by atoms with E-state index in [1.165, 1.54) is 0 Å². The van der Waals surface area contributed by atoms with Gasteiger partial charge in [0.2, 0.25) is 0 Å². The summed E-state index contributed by atoms with van der Waals surface area (Å²) in [5.41, 5.74) is 1.05. The van der Waals surface area contributed by atoms with Crippen LogP contribution in [-0.2, 0) is 9.53 Å². The summed E-state index contributed by atoms with van der Waals surface area (Å²) in [7, 11) is 3.30. The lowest BCUT2D eigenvalue weighted by Crippen LogP contribution is -2.41. The van der Waals surface area contributed by atoms with E-state index in [4.69, 9.17) is 14.2 Å². The number of likely N-dealkylation sites (tertiary alicyclic amines) is 1. The van der Waals surface area contributed by atoms with Crippen LogP contribution in [0, 0.1) is 0 Å². The van der Waals surface area contributed by atoms with Crippen molar-refractivity contribution in [3.05, 3.63) is 23.8 Å². The van der Waals surface area contributed by atoms with E-state index < -0.39 is 0 Å². The first-order chi connectivity index (χ1) is 11.2. The molecule has 5 nitrogen and oxygen atoms in total. The first-order valence-corrected chi connectivity index (χ1v) is 8.38. The molecule has 1 aromatic carbocycles. The van der Waals surface area contributed by atoms with Crippen LogP contribution < -0.4 is 9.47 Å². The Morgan fingerprint density at radius 3 is 2.74 bits per heavy atom. The van der Waals surface area contributed by atoms with Gasteiger partial charge in [-0.15, -0.1) is 0 Å². The molecule has 2 fully saturated rings. The molecule has 0 aliphatic carbocycles. The van der Waals surface area contributed by atoms with Gasteiger partial charge >= 0.3 is 0 Å².